The van der Waals surface area contributed by atoms with Crippen LogP contribution >= 0.6 is 0 Å². The lowest BCUT2D eigenvalue weighted by atomic mass is 10.1. The van der Waals surface area contributed by atoms with Gasteiger partial charge in [-0.15, -0.1) is 0 Å². The van der Waals surface area contributed by atoms with Crippen molar-refractivity contribution >= 4 is 0 Å². The van der Waals surface area contributed by atoms with E-state index in [9.17, 15) is 0 Å². The van der Waals surface area contributed by atoms with Crippen LogP contribution in [-0.2, 0) is 6.54 Å². The summed E-state index contributed by atoms with van der Waals surface area (Å²) in [7, 11) is 0. The van der Waals surface area contributed by atoms with Crippen molar-refractivity contribution in [3.63, 3.8) is 0 Å². The van der Waals surface area contributed by atoms with Crippen molar-refractivity contribution < 1.29 is 4.74 Å². The van der Waals surface area contributed by atoms with Crippen LogP contribution in [0.25, 0.3) is 0 Å². The van der Waals surface area contributed by atoms with Crippen molar-refractivity contribution in [1.29, 1.82) is 0 Å². The first-order valence-corrected chi connectivity index (χ1v) is 6.32. The Bertz CT molecular complexity index is 337. The van der Waals surface area contributed by atoms with Crippen LogP contribution in [0.2, 0.25) is 0 Å². The molecule has 0 aliphatic rings. The van der Waals surface area contributed by atoms with Gasteiger partial charge in [-0.2, -0.15) is 0 Å². The Kier molecular flexibility index (Phi) is 6.01. The molecule has 0 fully saturated rings. The van der Waals surface area contributed by atoms with E-state index in [4.69, 9.17) is 10.5 Å². The Morgan fingerprint density at radius 1 is 1.41 bits per heavy atom. The normalized spacial score (nSPS) is 12.5. The fraction of sp³-hybridized carbons (Fsp3) is 0.571. The highest BCUT2D eigenvalue weighted by atomic mass is 16.5. The second-order valence-electron chi connectivity index (χ2n) is 4.48. The molecule has 3 heteroatoms. The summed E-state index contributed by atoms with van der Waals surface area (Å²) in [4.78, 5) is 0. The van der Waals surface area contributed by atoms with Gasteiger partial charge in [0.15, 0.2) is 0 Å². The smallest absolute Gasteiger partial charge is 0.122 e. The molecule has 3 nitrogen and oxygen atoms in total. The van der Waals surface area contributed by atoms with E-state index in [1.54, 1.807) is 0 Å². The van der Waals surface area contributed by atoms with Crippen LogP contribution in [0.1, 0.15) is 31.4 Å². The van der Waals surface area contributed by atoms with Gasteiger partial charge >= 0.3 is 0 Å². The van der Waals surface area contributed by atoms with E-state index in [0.717, 1.165) is 25.3 Å². The SMILES string of the molecule is CCOc1ccc(CNCCC(C)N)cc1C. The molecule has 96 valence electrons. The maximum Gasteiger partial charge on any atom is 0.122 e. The Labute approximate surface area is 104 Å². The quantitative estimate of drug-likeness (QED) is 0.714. The number of rotatable bonds is 7. The van der Waals surface area contributed by atoms with Crippen molar-refractivity contribution in [2.75, 3.05) is 13.2 Å². The van der Waals surface area contributed by atoms with Gasteiger partial charge in [0.1, 0.15) is 5.75 Å². The monoisotopic (exact) mass is 236 g/mol. The highest BCUT2D eigenvalue weighted by Crippen LogP contribution is 2.18. The molecule has 0 spiro atoms. The summed E-state index contributed by atoms with van der Waals surface area (Å²) in [5, 5.41) is 3.39. The molecule has 0 bridgehead atoms. The lowest BCUT2D eigenvalue weighted by molar-refractivity contribution is 0.338. The maximum atomic E-state index is 5.69. The molecule has 0 aliphatic heterocycles. The molecule has 1 unspecified atom stereocenters. The average Bonchev–Trinajstić information content (AvgIpc) is 2.28. The molecule has 0 saturated heterocycles. The van der Waals surface area contributed by atoms with Crippen LogP contribution in [0, 0.1) is 6.92 Å². The van der Waals surface area contributed by atoms with Crippen LogP contribution in [0.5, 0.6) is 5.75 Å². The minimum atomic E-state index is 0.268. The molecule has 0 heterocycles. The highest BCUT2D eigenvalue weighted by Gasteiger charge is 2.00. The second-order valence-corrected chi connectivity index (χ2v) is 4.48. The van der Waals surface area contributed by atoms with Gasteiger partial charge in [-0.05, 0) is 50.9 Å². The molecule has 0 aromatic heterocycles. The predicted molar refractivity (Wildman–Crippen MR) is 72.3 cm³/mol. The Morgan fingerprint density at radius 2 is 2.18 bits per heavy atom. The van der Waals surface area contributed by atoms with E-state index in [0.29, 0.717) is 6.61 Å². The number of ether oxygens (including phenoxy) is 1. The van der Waals surface area contributed by atoms with Crippen molar-refractivity contribution in [1.82, 2.24) is 5.32 Å². The Hall–Kier alpha value is -1.06. The third-order valence-corrected chi connectivity index (χ3v) is 2.64. The zero-order valence-corrected chi connectivity index (χ0v) is 11.1. The number of nitrogens with two attached hydrogens (primary N) is 1. The number of hydrogen-bond donors (Lipinski definition) is 2. The molecule has 1 atom stereocenters. The van der Waals surface area contributed by atoms with E-state index >= 15 is 0 Å². The first kappa shape index (κ1) is 14.0. The number of hydrogen-bond acceptors (Lipinski definition) is 3. The number of benzene rings is 1. The van der Waals surface area contributed by atoms with E-state index in [2.05, 4.69) is 24.4 Å². The third-order valence-electron chi connectivity index (χ3n) is 2.64. The van der Waals surface area contributed by atoms with E-state index in [-0.39, 0.29) is 6.04 Å². The molecule has 0 amide bonds. The average molecular weight is 236 g/mol. The molecule has 0 radical (unpaired) electrons. The first-order chi connectivity index (χ1) is 8.13. The van der Waals surface area contributed by atoms with Crippen LogP contribution < -0.4 is 15.8 Å². The standard InChI is InChI=1S/C14H24N2O/c1-4-17-14-6-5-13(9-11(14)2)10-16-8-7-12(3)15/h5-6,9,12,16H,4,7-8,10,15H2,1-3H3. The van der Waals surface area contributed by atoms with Crippen LogP contribution in [0.15, 0.2) is 18.2 Å². The van der Waals surface area contributed by atoms with Crippen LogP contribution in [-0.4, -0.2) is 19.2 Å². The van der Waals surface area contributed by atoms with Crippen molar-refractivity contribution in [2.45, 2.75) is 39.8 Å². The highest BCUT2D eigenvalue weighted by molar-refractivity contribution is 5.36. The minimum absolute atomic E-state index is 0.268. The summed E-state index contributed by atoms with van der Waals surface area (Å²) >= 11 is 0. The van der Waals surface area contributed by atoms with Crippen molar-refractivity contribution in [3.05, 3.63) is 29.3 Å². The molecule has 1 rings (SSSR count). The number of aryl methyl sites for hydroxylation is 1. The van der Waals surface area contributed by atoms with E-state index in [1.807, 2.05) is 19.9 Å². The van der Waals surface area contributed by atoms with Crippen LogP contribution in [0.3, 0.4) is 0 Å². The largest absolute Gasteiger partial charge is 0.494 e. The fourth-order valence-electron chi connectivity index (χ4n) is 1.70. The molecule has 3 N–H and O–H groups in total. The molecule has 17 heavy (non-hydrogen) atoms. The van der Waals surface area contributed by atoms with Gasteiger partial charge in [-0.1, -0.05) is 12.1 Å². The third kappa shape index (κ3) is 5.20. The van der Waals surface area contributed by atoms with Gasteiger partial charge in [-0.3, -0.25) is 0 Å². The van der Waals surface area contributed by atoms with Gasteiger partial charge in [0, 0.05) is 12.6 Å². The molecule has 1 aromatic carbocycles. The van der Waals surface area contributed by atoms with Gasteiger partial charge in [0.05, 0.1) is 6.61 Å². The summed E-state index contributed by atoms with van der Waals surface area (Å²) in [5.74, 6) is 0.979. The van der Waals surface area contributed by atoms with Crippen LogP contribution in [0.4, 0.5) is 0 Å². The summed E-state index contributed by atoms with van der Waals surface area (Å²) < 4.78 is 5.51. The molecule has 1 aromatic rings. The molecular formula is C14H24N2O. The summed E-state index contributed by atoms with van der Waals surface area (Å²) in [6.45, 7) is 8.68. The first-order valence-electron chi connectivity index (χ1n) is 6.32. The fourth-order valence-corrected chi connectivity index (χ4v) is 1.70. The van der Waals surface area contributed by atoms with Gasteiger partial charge in [0.2, 0.25) is 0 Å². The van der Waals surface area contributed by atoms with Gasteiger partial charge < -0.3 is 15.8 Å². The summed E-state index contributed by atoms with van der Waals surface area (Å²) in [6.07, 6.45) is 1.01. The van der Waals surface area contributed by atoms with Crippen molar-refractivity contribution in [3.8, 4) is 5.75 Å². The second kappa shape index (κ2) is 7.30. The Balaban J connectivity index is 2.41. The minimum Gasteiger partial charge on any atom is -0.494 e. The number of nitrogens with one attached hydrogen (secondary N) is 1. The topological polar surface area (TPSA) is 47.3 Å². The maximum absolute atomic E-state index is 5.69. The lowest BCUT2D eigenvalue weighted by Gasteiger charge is -2.10. The molecule has 0 saturated carbocycles. The zero-order chi connectivity index (χ0) is 12.7. The van der Waals surface area contributed by atoms with Crippen molar-refractivity contribution in [2.24, 2.45) is 5.73 Å². The summed E-state index contributed by atoms with van der Waals surface area (Å²) in [5.41, 5.74) is 8.17. The summed E-state index contributed by atoms with van der Waals surface area (Å²) in [6, 6.07) is 6.59. The van der Waals surface area contributed by atoms with E-state index < -0.39 is 0 Å². The molecule has 0 aliphatic carbocycles. The Morgan fingerprint density at radius 3 is 2.76 bits per heavy atom. The van der Waals surface area contributed by atoms with Gasteiger partial charge in [0.25, 0.3) is 0 Å². The zero-order valence-electron chi connectivity index (χ0n) is 11.1. The van der Waals surface area contributed by atoms with Gasteiger partial charge in [-0.25, -0.2) is 0 Å². The van der Waals surface area contributed by atoms with E-state index in [1.165, 1.54) is 11.1 Å². The predicted octanol–water partition coefficient (Wildman–Crippen LogP) is 2.22. The lowest BCUT2D eigenvalue weighted by Crippen LogP contribution is -2.23. The molecular weight excluding hydrogens is 212 g/mol.